The standard InChI is InChI=1S/C15H12N2O3/c18-13-8-4-1-5-10(13)15(20)17-9-14(19)16-11-6-2-3-7-12(11)17/h1-8,18H,9H2,(H,16,19). The van der Waals surface area contributed by atoms with Crippen molar-refractivity contribution < 1.29 is 14.7 Å². The predicted molar refractivity (Wildman–Crippen MR) is 74.9 cm³/mol. The molecule has 5 heteroatoms. The number of rotatable bonds is 1. The second-order valence-corrected chi connectivity index (χ2v) is 4.47. The third-order valence-electron chi connectivity index (χ3n) is 3.15. The number of para-hydroxylation sites is 3. The molecule has 0 radical (unpaired) electrons. The first-order valence-electron chi connectivity index (χ1n) is 6.15. The van der Waals surface area contributed by atoms with Crippen LogP contribution in [0.25, 0.3) is 0 Å². The van der Waals surface area contributed by atoms with E-state index in [-0.39, 0.29) is 23.8 Å². The molecule has 0 fully saturated rings. The van der Waals surface area contributed by atoms with Gasteiger partial charge >= 0.3 is 0 Å². The third kappa shape index (κ3) is 1.99. The number of anilines is 2. The molecule has 1 aliphatic heterocycles. The van der Waals surface area contributed by atoms with E-state index in [0.717, 1.165) is 0 Å². The van der Waals surface area contributed by atoms with Crippen molar-refractivity contribution in [1.29, 1.82) is 0 Å². The van der Waals surface area contributed by atoms with Crippen molar-refractivity contribution in [2.45, 2.75) is 0 Å². The van der Waals surface area contributed by atoms with Crippen LogP contribution >= 0.6 is 0 Å². The van der Waals surface area contributed by atoms with Gasteiger partial charge in [0.2, 0.25) is 5.91 Å². The molecule has 3 rings (SSSR count). The molecule has 100 valence electrons. The quantitative estimate of drug-likeness (QED) is 0.831. The Labute approximate surface area is 115 Å². The van der Waals surface area contributed by atoms with Crippen molar-refractivity contribution in [3.05, 3.63) is 54.1 Å². The molecule has 1 heterocycles. The Kier molecular flexibility index (Phi) is 2.87. The molecular formula is C15H12N2O3. The van der Waals surface area contributed by atoms with Gasteiger partial charge in [-0.05, 0) is 24.3 Å². The van der Waals surface area contributed by atoms with Crippen molar-refractivity contribution in [2.75, 3.05) is 16.8 Å². The Morgan fingerprint density at radius 3 is 2.60 bits per heavy atom. The fraction of sp³-hybridized carbons (Fsp3) is 0.0667. The fourth-order valence-corrected chi connectivity index (χ4v) is 2.21. The van der Waals surface area contributed by atoms with E-state index in [0.29, 0.717) is 11.4 Å². The highest BCUT2D eigenvalue weighted by molar-refractivity contribution is 6.15. The van der Waals surface area contributed by atoms with Crippen molar-refractivity contribution in [2.24, 2.45) is 0 Å². The molecular weight excluding hydrogens is 256 g/mol. The highest BCUT2D eigenvalue weighted by Crippen LogP contribution is 2.31. The smallest absolute Gasteiger partial charge is 0.262 e. The number of phenolic OH excluding ortho intramolecular Hbond substituents is 1. The highest BCUT2D eigenvalue weighted by Gasteiger charge is 2.28. The second kappa shape index (κ2) is 4.70. The SMILES string of the molecule is O=C1CN(C(=O)c2ccccc2O)c2ccccc2N1. The minimum atomic E-state index is -0.398. The van der Waals surface area contributed by atoms with Gasteiger partial charge in [-0.15, -0.1) is 0 Å². The maximum atomic E-state index is 12.5. The van der Waals surface area contributed by atoms with Gasteiger partial charge in [0.25, 0.3) is 5.91 Å². The van der Waals surface area contributed by atoms with Gasteiger partial charge < -0.3 is 10.4 Å². The molecule has 0 saturated heterocycles. The molecule has 2 amide bonds. The monoisotopic (exact) mass is 268 g/mol. The van der Waals surface area contributed by atoms with Crippen LogP contribution in [-0.2, 0) is 4.79 Å². The van der Waals surface area contributed by atoms with Crippen molar-refractivity contribution in [3.63, 3.8) is 0 Å². The Hall–Kier alpha value is -2.82. The van der Waals surface area contributed by atoms with Gasteiger partial charge in [0, 0.05) is 0 Å². The normalized spacial score (nSPS) is 13.6. The lowest BCUT2D eigenvalue weighted by Gasteiger charge is -2.29. The van der Waals surface area contributed by atoms with Crippen LogP contribution in [0.15, 0.2) is 48.5 Å². The Morgan fingerprint density at radius 2 is 1.80 bits per heavy atom. The van der Waals surface area contributed by atoms with Crippen LogP contribution in [0.5, 0.6) is 5.75 Å². The van der Waals surface area contributed by atoms with Crippen LogP contribution in [0.2, 0.25) is 0 Å². The van der Waals surface area contributed by atoms with E-state index in [1.807, 2.05) is 0 Å². The molecule has 0 atom stereocenters. The van der Waals surface area contributed by atoms with E-state index >= 15 is 0 Å². The van der Waals surface area contributed by atoms with Crippen molar-refractivity contribution in [1.82, 2.24) is 0 Å². The minimum absolute atomic E-state index is 0.0653. The number of hydrogen-bond acceptors (Lipinski definition) is 3. The number of aromatic hydroxyl groups is 1. The molecule has 20 heavy (non-hydrogen) atoms. The number of nitrogens with one attached hydrogen (secondary N) is 1. The number of hydrogen-bond donors (Lipinski definition) is 2. The highest BCUT2D eigenvalue weighted by atomic mass is 16.3. The van der Waals surface area contributed by atoms with Crippen LogP contribution in [-0.4, -0.2) is 23.5 Å². The summed E-state index contributed by atoms with van der Waals surface area (Å²) in [5.41, 5.74) is 1.39. The summed E-state index contributed by atoms with van der Waals surface area (Å²) in [6.45, 7) is -0.0653. The van der Waals surface area contributed by atoms with E-state index in [2.05, 4.69) is 5.32 Å². The summed E-state index contributed by atoms with van der Waals surface area (Å²) in [5.74, 6) is -0.751. The number of amides is 2. The van der Waals surface area contributed by atoms with Gasteiger partial charge in [-0.1, -0.05) is 24.3 Å². The summed E-state index contributed by atoms with van der Waals surface area (Å²) < 4.78 is 0. The van der Waals surface area contributed by atoms with E-state index in [1.54, 1.807) is 36.4 Å². The lowest BCUT2D eigenvalue weighted by molar-refractivity contribution is -0.115. The molecule has 2 aromatic rings. The molecule has 0 bridgehead atoms. The summed E-state index contributed by atoms with van der Waals surface area (Å²) >= 11 is 0. The van der Waals surface area contributed by atoms with Crippen LogP contribution < -0.4 is 10.2 Å². The van der Waals surface area contributed by atoms with E-state index in [1.165, 1.54) is 17.0 Å². The number of carbonyl (C=O) groups is 2. The first-order valence-corrected chi connectivity index (χ1v) is 6.15. The van der Waals surface area contributed by atoms with Crippen LogP contribution in [0.1, 0.15) is 10.4 Å². The maximum absolute atomic E-state index is 12.5. The van der Waals surface area contributed by atoms with Gasteiger partial charge in [0.1, 0.15) is 12.3 Å². The van der Waals surface area contributed by atoms with Crippen LogP contribution in [0.4, 0.5) is 11.4 Å². The minimum Gasteiger partial charge on any atom is -0.507 e. The number of benzene rings is 2. The van der Waals surface area contributed by atoms with E-state index < -0.39 is 5.91 Å². The predicted octanol–water partition coefficient (Wildman–Crippen LogP) is 1.99. The van der Waals surface area contributed by atoms with Gasteiger partial charge in [-0.2, -0.15) is 0 Å². The van der Waals surface area contributed by atoms with Crippen molar-refractivity contribution >= 4 is 23.2 Å². The van der Waals surface area contributed by atoms with Crippen LogP contribution in [0.3, 0.4) is 0 Å². The lowest BCUT2D eigenvalue weighted by Crippen LogP contribution is -2.42. The zero-order valence-corrected chi connectivity index (χ0v) is 10.5. The van der Waals surface area contributed by atoms with Crippen molar-refractivity contribution in [3.8, 4) is 5.75 Å². The molecule has 0 unspecified atom stereocenters. The zero-order valence-electron chi connectivity index (χ0n) is 10.5. The largest absolute Gasteiger partial charge is 0.507 e. The summed E-state index contributed by atoms with van der Waals surface area (Å²) in [6.07, 6.45) is 0. The summed E-state index contributed by atoms with van der Waals surface area (Å²) in [5, 5.41) is 12.5. The molecule has 5 nitrogen and oxygen atoms in total. The van der Waals surface area contributed by atoms with Gasteiger partial charge in [0.05, 0.1) is 16.9 Å². The van der Waals surface area contributed by atoms with E-state index in [9.17, 15) is 14.7 Å². The molecule has 1 aliphatic rings. The molecule has 0 spiro atoms. The summed E-state index contributed by atoms with van der Waals surface area (Å²) in [7, 11) is 0. The zero-order chi connectivity index (χ0) is 14.1. The number of phenols is 1. The summed E-state index contributed by atoms with van der Waals surface area (Å²) in [4.78, 5) is 25.6. The van der Waals surface area contributed by atoms with Crippen LogP contribution in [0, 0.1) is 0 Å². The molecule has 0 aliphatic carbocycles. The number of fused-ring (bicyclic) bond motifs is 1. The average molecular weight is 268 g/mol. The van der Waals surface area contributed by atoms with Gasteiger partial charge in [-0.25, -0.2) is 0 Å². The Bertz CT molecular complexity index is 697. The maximum Gasteiger partial charge on any atom is 0.262 e. The fourth-order valence-electron chi connectivity index (χ4n) is 2.21. The molecule has 0 aromatic heterocycles. The number of carbonyl (C=O) groups excluding carboxylic acids is 2. The Balaban J connectivity index is 2.05. The summed E-state index contributed by atoms with van der Waals surface area (Å²) in [6, 6.07) is 13.4. The van der Waals surface area contributed by atoms with Gasteiger partial charge in [0.15, 0.2) is 0 Å². The second-order valence-electron chi connectivity index (χ2n) is 4.47. The first-order chi connectivity index (χ1) is 9.66. The Morgan fingerprint density at radius 1 is 1.10 bits per heavy atom. The van der Waals surface area contributed by atoms with Gasteiger partial charge in [-0.3, -0.25) is 14.5 Å². The third-order valence-corrected chi connectivity index (χ3v) is 3.15. The average Bonchev–Trinajstić information content (AvgIpc) is 2.46. The molecule has 2 N–H and O–H groups in total. The number of nitrogens with zero attached hydrogens (tertiary/aromatic N) is 1. The lowest BCUT2D eigenvalue weighted by atomic mass is 10.1. The van der Waals surface area contributed by atoms with E-state index in [4.69, 9.17) is 0 Å². The topological polar surface area (TPSA) is 69.6 Å². The first kappa shape index (κ1) is 12.2. The molecule has 0 saturated carbocycles. The molecule has 2 aromatic carbocycles.